The highest BCUT2D eigenvalue weighted by molar-refractivity contribution is 7.16. The Morgan fingerprint density at radius 1 is 1.50 bits per heavy atom. The van der Waals surface area contributed by atoms with E-state index in [0.717, 1.165) is 5.01 Å². The molecule has 1 aliphatic rings. The van der Waals surface area contributed by atoms with Crippen molar-refractivity contribution in [1.82, 2.24) is 15.6 Å². The molecule has 3 amide bonds. The molecule has 24 heavy (non-hydrogen) atoms. The van der Waals surface area contributed by atoms with Gasteiger partial charge in [-0.05, 0) is 30.7 Å². The van der Waals surface area contributed by atoms with Crippen molar-refractivity contribution >= 4 is 39.9 Å². The van der Waals surface area contributed by atoms with Crippen LogP contribution in [0.1, 0.15) is 16.3 Å². The molecule has 3 rings (SSSR count). The molecule has 126 valence electrons. The Hall–Kier alpha value is -2.19. The van der Waals surface area contributed by atoms with Crippen molar-refractivity contribution in [3.05, 3.63) is 45.3 Å². The number of anilines is 1. The van der Waals surface area contributed by atoms with Crippen molar-refractivity contribution in [3.63, 3.8) is 0 Å². The monoisotopic (exact) mass is 368 g/mol. The van der Waals surface area contributed by atoms with Gasteiger partial charge >= 0.3 is 6.03 Å². The Balaban J connectivity index is 1.70. The Morgan fingerprint density at radius 3 is 2.96 bits per heavy atom. The molecular weight excluding hydrogens is 355 g/mol. The maximum atomic E-state index is 13.4. The van der Waals surface area contributed by atoms with Crippen LogP contribution in [0.15, 0.2) is 18.2 Å². The minimum atomic E-state index is -0.607. The van der Waals surface area contributed by atoms with E-state index in [-0.39, 0.29) is 18.5 Å². The van der Waals surface area contributed by atoms with Crippen LogP contribution in [0.25, 0.3) is 0 Å². The summed E-state index contributed by atoms with van der Waals surface area (Å²) in [5.41, 5.74) is 1.38. The van der Waals surface area contributed by atoms with Gasteiger partial charge in [0, 0.05) is 18.0 Å². The highest BCUT2D eigenvalue weighted by atomic mass is 35.5. The van der Waals surface area contributed by atoms with Crippen LogP contribution in [-0.4, -0.2) is 29.5 Å². The fourth-order valence-electron chi connectivity index (χ4n) is 2.34. The van der Waals surface area contributed by atoms with Crippen molar-refractivity contribution in [1.29, 1.82) is 0 Å². The van der Waals surface area contributed by atoms with Crippen molar-refractivity contribution in [2.24, 2.45) is 0 Å². The van der Waals surface area contributed by atoms with Crippen LogP contribution in [0, 0.1) is 12.7 Å². The molecule has 1 unspecified atom stereocenters. The van der Waals surface area contributed by atoms with Gasteiger partial charge in [-0.2, -0.15) is 0 Å². The predicted molar refractivity (Wildman–Crippen MR) is 90.0 cm³/mol. The average molecular weight is 369 g/mol. The molecule has 1 aliphatic heterocycles. The fourth-order valence-corrected chi connectivity index (χ4v) is 3.59. The maximum Gasteiger partial charge on any atom is 0.315 e. The molecule has 1 aromatic heterocycles. The quantitative estimate of drug-likeness (QED) is 0.775. The number of hydrogen-bond donors (Lipinski definition) is 3. The number of urea groups is 1. The minimum Gasteiger partial charge on any atom is -0.336 e. The molecule has 0 radical (unpaired) electrons. The second kappa shape index (κ2) is 6.74. The van der Waals surface area contributed by atoms with Gasteiger partial charge in [0.2, 0.25) is 5.91 Å². The molecular formula is C15H14ClFN4O2S. The van der Waals surface area contributed by atoms with Gasteiger partial charge in [-0.1, -0.05) is 11.6 Å². The third-order valence-electron chi connectivity index (χ3n) is 3.44. The fraction of sp³-hybridized carbons (Fsp3) is 0.267. The van der Waals surface area contributed by atoms with Gasteiger partial charge in [0.25, 0.3) is 0 Å². The Morgan fingerprint density at radius 2 is 2.29 bits per heavy atom. The van der Waals surface area contributed by atoms with Gasteiger partial charge in [0.15, 0.2) is 0 Å². The van der Waals surface area contributed by atoms with Crippen LogP contribution in [0.2, 0.25) is 5.02 Å². The van der Waals surface area contributed by atoms with Gasteiger partial charge in [-0.15, -0.1) is 11.3 Å². The number of rotatable bonds is 4. The van der Waals surface area contributed by atoms with Crippen molar-refractivity contribution in [3.8, 4) is 0 Å². The molecule has 2 aromatic rings. The summed E-state index contributed by atoms with van der Waals surface area (Å²) in [6.07, 6.45) is 0.417. The number of benzene rings is 1. The molecule has 6 nitrogen and oxygen atoms in total. The predicted octanol–water partition coefficient (Wildman–Crippen LogP) is 2.45. The number of nitrogens with one attached hydrogen (secondary N) is 3. The number of carbonyl (C=O) groups is 2. The van der Waals surface area contributed by atoms with Crippen LogP contribution in [0.5, 0.6) is 0 Å². The highest BCUT2D eigenvalue weighted by Crippen LogP contribution is 2.27. The molecule has 3 N–H and O–H groups in total. The molecule has 2 heterocycles. The molecule has 0 aliphatic carbocycles. The lowest BCUT2D eigenvalue weighted by Crippen LogP contribution is -2.38. The lowest BCUT2D eigenvalue weighted by Gasteiger charge is -2.08. The number of aryl methyl sites for hydroxylation is 1. The van der Waals surface area contributed by atoms with E-state index in [0.29, 0.717) is 27.7 Å². The highest BCUT2D eigenvalue weighted by Gasteiger charge is 2.27. The van der Waals surface area contributed by atoms with Crippen molar-refractivity contribution in [2.75, 3.05) is 11.9 Å². The molecule has 1 aromatic carbocycles. The van der Waals surface area contributed by atoms with Crippen LogP contribution in [-0.2, 0) is 11.2 Å². The van der Waals surface area contributed by atoms with Gasteiger partial charge in [-0.25, -0.2) is 14.2 Å². The first-order valence-electron chi connectivity index (χ1n) is 7.17. The first-order chi connectivity index (χ1) is 11.4. The summed E-state index contributed by atoms with van der Waals surface area (Å²) in [6, 6.07) is 3.36. The third-order valence-corrected chi connectivity index (χ3v) is 4.73. The van der Waals surface area contributed by atoms with Gasteiger partial charge in [0.05, 0.1) is 10.7 Å². The molecule has 9 heteroatoms. The zero-order valence-corrected chi connectivity index (χ0v) is 14.2. The molecule has 0 saturated carbocycles. The number of nitrogens with zero attached hydrogens (tertiary/aromatic N) is 1. The Kier molecular flexibility index (Phi) is 4.68. The van der Waals surface area contributed by atoms with Crippen molar-refractivity contribution < 1.29 is 14.0 Å². The van der Waals surface area contributed by atoms with E-state index in [1.807, 2.05) is 0 Å². The summed E-state index contributed by atoms with van der Waals surface area (Å²) in [7, 11) is 0. The summed E-state index contributed by atoms with van der Waals surface area (Å²) in [6.45, 7) is 2.02. The largest absolute Gasteiger partial charge is 0.336 e. The number of halogens is 2. The molecule has 0 bridgehead atoms. The van der Waals surface area contributed by atoms with Crippen LogP contribution < -0.4 is 16.0 Å². The molecule has 0 spiro atoms. The van der Waals surface area contributed by atoms with Gasteiger partial charge in [0.1, 0.15) is 16.9 Å². The number of carbonyl (C=O) groups excluding carboxylic acids is 2. The SMILES string of the molecule is Cc1nc(Cc2cc(F)cc(Cl)c2)sc1NC(=O)C1CNC(=O)N1. The summed E-state index contributed by atoms with van der Waals surface area (Å²) in [4.78, 5) is 27.6. The zero-order valence-electron chi connectivity index (χ0n) is 12.7. The first kappa shape index (κ1) is 16.7. The Labute approximate surface area is 146 Å². The average Bonchev–Trinajstić information content (AvgIpc) is 3.04. The maximum absolute atomic E-state index is 13.4. The number of amides is 3. The number of hydrogen-bond acceptors (Lipinski definition) is 4. The first-order valence-corrected chi connectivity index (χ1v) is 8.36. The number of thiazole rings is 1. The second-order valence-corrected chi connectivity index (χ2v) is 6.89. The smallest absolute Gasteiger partial charge is 0.315 e. The van der Waals surface area contributed by atoms with E-state index in [2.05, 4.69) is 20.9 Å². The topological polar surface area (TPSA) is 83.1 Å². The third kappa shape index (κ3) is 3.82. The Bertz CT molecular complexity index is 791. The van der Waals surface area contributed by atoms with E-state index in [4.69, 9.17) is 11.6 Å². The van der Waals surface area contributed by atoms with E-state index >= 15 is 0 Å². The van der Waals surface area contributed by atoms with Crippen LogP contribution in [0.4, 0.5) is 14.2 Å². The van der Waals surface area contributed by atoms with Gasteiger partial charge in [-0.3, -0.25) is 4.79 Å². The van der Waals surface area contributed by atoms with E-state index in [9.17, 15) is 14.0 Å². The van der Waals surface area contributed by atoms with E-state index < -0.39 is 11.9 Å². The molecule has 1 fully saturated rings. The van der Waals surface area contributed by atoms with Crippen LogP contribution >= 0.6 is 22.9 Å². The minimum absolute atomic E-state index is 0.247. The van der Waals surface area contributed by atoms with Crippen LogP contribution in [0.3, 0.4) is 0 Å². The summed E-state index contributed by atoms with van der Waals surface area (Å²) in [5.74, 6) is -0.704. The summed E-state index contributed by atoms with van der Waals surface area (Å²) < 4.78 is 13.4. The lowest BCUT2D eigenvalue weighted by molar-refractivity contribution is -0.117. The van der Waals surface area contributed by atoms with E-state index in [1.54, 1.807) is 13.0 Å². The summed E-state index contributed by atoms with van der Waals surface area (Å²) in [5, 5.41) is 9.48. The summed E-state index contributed by atoms with van der Waals surface area (Å²) >= 11 is 7.16. The normalized spacial score (nSPS) is 16.6. The molecule has 1 atom stereocenters. The van der Waals surface area contributed by atoms with E-state index in [1.165, 1.54) is 23.5 Å². The zero-order chi connectivity index (χ0) is 17.3. The van der Waals surface area contributed by atoms with Crippen molar-refractivity contribution in [2.45, 2.75) is 19.4 Å². The second-order valence-electron chi connectivity index (χ2n) is 5.37. The lowest BCUT2D eigenvalue weighted by atomic mass is 10.1. The standard InChI is InChI=1S/C15H14ClFN4O2S/c1-7-14(21-13(22)11-6-18-15(23)20-11)24-12(19-7)4-8-2-9(16)5-10(17)3-8/h2-3,5,11H,4,6H2,1H3,(H,21,22)(H2,18,20,23). The molecule has 1 saturated heterocycles. The number of aromatic nitrogens is 1. The van der Waals surface area contributed by atoms with Gasteiger partial charge < -0.3 is 16.0 Å².